The monoisotopic (exact) mass is 397 g/mol. The number of hydrogen-bond donors (Lipinski definition) is 0. The van der Waals surface area contributed by atoms with E-state index in [4.69, 9.17) is 0 Å². The van der Waals surface area contributed by atoms with Crippen molar-refractivity contribution in [3.63, 3.8) is 0 Å². The quantitative estimate of drug-likeness (QED) is 0.471. The number of carbonyl (C=O) groups is 3. The predicted octanol–water partition coefficient (Wildman–Crippen LogP) is -0.0701. The number of nitrogens with zero attached hydrogens (tertiary/aromatic N) is 3. The SMILES string of the molecule is COC(=O)c1cccc(N(CCC(=O)N2CCN(C=O)CC2)S(C)(=O)=O)c1. The van der Waals surface area contributed by atoms with E-state index in [2.05, 4.69) is 4.74 Å². The third-order valence-electron chi connectivity index (χ3n) is 4.30. The van der Waals surface area contributed by atoms with Crippen molar-refractivity contribution in [3.8, 4) is 0 Å². The molecule has 10 heteroatoms. The zero-order chi connectivity index (χ0) is 20.0. The Labute approximate surface area is 158 Å². The minimum absolute atomic E-state index is 0.00336. The molecule has 0 aromatic heterocycles. The minimum atomic E-state index is -3.65. The molecular formula is C17H23N3O6S. The van der Waals surface area contributed by atoms with E-state index in [1.807, 2.05) is 0 Å². The summed E-state index contributed by atoms with van der Waals surface area (Å²) >= 11 is 0. The highest BCUT2D eigenvalue weighted by molar-refractivity contribution is 7.92. The Hall–Kier alpha value is -2.62. The first kappa shape index (κ1) is 20.7. The van der Waals surface area contributed by atoms with Gasteiger partial charge < -0.3 is 14.5 Å². The molecule has 9 nitrogen and oxygen atoms in total. The third kappa shape index (κ3) is 5.43. The van der Waals surface area contributed by atoms with Crippen LogP contribution in [0.2, 0.25) is 0 Å². The minimum Gasteiger partial charge on any atom is -0.465 e. The number of piperazine rings is 1. The molecule has 0 aliphatic carbocycles. The van der Waals surface area contributed by atoms with Crippen LogP contribution >= 0.6 is 0 Å². The summed E-state index contributed by atoms with van der Waals surface area (Å²) < 4.78 is 30.1. The van der Waals surface area contributed by atoms with Crippen molar-refractivity contribution in [2.75, 3.05) is 50.4 Å². The van der Waals surface area contributed by atoms with Crippen molar-refractivity contribution < 1.29 is 27.5 Å². The van der Waals surface area contributed by atoms with Gasteiger partial charge in [0.05, 0.1) is 24.6 Å². The first-order valence-corrected chi connectivity index (χ1v) is 10.2. The van der Waals surface area contributed by atoms with Crippen LogP contribution in [-0.4, -0.2) is 82.6 Å². The van der Waals surface area contributed by atoms with E-state index in [-0.39, 0.29) is 24.4 Å². The lowest BCUT2D eigenvalue weighted by Crippen LogP contribution is -2.48. The number of rotatable bonds is 7. The fourth-order valence-corrected chi connectivity index (χ4v) is 3.74. The fourth-order valence-electron chi connectivity index (χ4n) is 2.82. The highest BCUT2D eigenvalue weighted by Crippen LogP contribution is 2.20. The molecule has 1 saturated heterocycles. The second-order valence-electron chi connectivity index (χ2n) is 6.15. The van der Waals surface area contributed by atoms with Gasteiger partial charge in [-0.1, -0.05) is 6.07 Å². The van der Waals surface area contributed by atoms with Crippen LogP contribution in [0.5, 0.6) is 0 Å². The van der Waals surface area contributed by atoms with E-state index in [1.54, 1.807) is 21.9 Å². The van der Waals surface area contributed by atoms with Crippen LogP contribution in [-0.2, 0) is 24.3 Å². The lowest BCUT2D eigenvalue weighted by atomic mass is 10.2. The molecule has 0 saturated carbocycles. The third-order valence-corrected chi connectivity index (χ3v) is 5.49. The summed E-state index contributed by atoms with van der Waals surface area (Å²) in [5.74, 6) is -0.757. The summed E-state index contributed by atoms with van der Waals surface area (Å²) in [6, 6.07) is 6.05. The zero-order valence-corrected chi connectivity index (χ0v) is 16.1. The van der Waals surface area contributed by atoms with Crippen LogP contribution in [0, 0.1) is 0 Å². The fraction of sp³-hybridized carbons (Fsp3) is 0.471. The van der Waals surface area contributed by atoms with Crippen LogP contribution in [0.25, 0.3) is 0 Å². The number of benzene rings is 1. The van der Waals surface area contributed by atoms with Crippen molar-refractivity contribution in [3.05, 3.63) is 29.8 Å². The van der Waals surface area contributed by atoms with Gasteiger partial charge in [0.1, 0.15) is 0 Å². The Morgan fingerprint density at radius 3 is 2.44 bits per heavy atom. The van der Waals surface area contributed by atoms with Crippen LogP contribution in [0.4, 0.5) is 5.69 Å². The molecule has 0 radical (unpaired) electrons. The van der Waals surface area contributed by atoms with E-state index in [9.17, 15) is 22.8 Å². The molecule has 1 heterocycles. The smallest absolute Gasteiger partial charge is 0.337 e. The van der Waals surface area contributed by atoms with E-state index < -0.39 is 16.0 Å². The van der Waals surface area contributed by atoms with Gasteiger partial charge in [-0.05, 0) is 18.2 Å². The standard InChI is InChI=1S/C17H23N3O6S/c1-26-17(23)14-4-3-5-15(12-14)20(27(2,24)25)7-6-16(22)19-10-8-18(13-21)9-11-19/h3-5,12-13H,6-11H2,1-2H3. The molecule has 1 aromatic carbocycles. The molecule has 2 amide bonds. The summed E-state index contributed by atoms with van der Waals surface area (Å²) in [7, 11) is -2.41. The normalized spacial score (nSPS) is 14.6. The summed E-state index contributed by atoms with van der Waals surface area (Å²) in [4.78, 5) is 38.0. The Kier molecular flexibility index (Phi) is 6.78. The van der Waals surface area contributed by atoms with Crippen molar-refractivity contribution >= 4 is 34.0 Å². The van der Waals surface area contributed by atoms with Crippen LogP contribution in [0.3, 0.4) is 0 Å². The maximum absolute atomic E-state index is 12.4. The number of sulfonamides is 1. The van der Waals surface area contributed by atoms with E-state index >= 15 is 0 Å². The van der Waals surface area contributed by atoms with Gasteiger partial charge in [0.15, 0.2) is 0 Å². The van der Waals surface area contributed by atoms with Crippen LogP contribution < -0.4 is 4.31 Å². The van der Waals surface area contributed by atoms with Gasteiger partial charge in [0, 0.05) is 39.1 Å². The lowest BCUT2D eigenvalue weighted by molar-refractivity contribution is -0.134. The topological polar surface area (TPSA) is 104 Å². The largest absolute Gasteiger partial charge is 0.465 e. The van der Waals surface area contributed by atoms with Crippen molar-refractivity contribution in [1.29, 1.82) is 0 Å². The number of hydrogen-bond acceptors (Lipinski definition) is 6. The molecule has 1 aromatic rings. The second-order valence-corrected chi connectivity index (χ2v) is 8.06. The molecule has 148 valence electrons. The Morgan fingerprint density at radius 2 is 1.89 bits per heavy atom. The molecule has 0 atom stereocenters. The summed E-state index contributed by atoms with van der Waals surface area (Å²) in [5.41, 5.74) is 0.513. The summed E-state index contributed by atoms with van der Waals surface area (Å²) in [6.07, 6.45) is 1.79. The molecule has 0 unspecified atom stereocenters. The average Bonchev–Trinajstić information content (AvgIpc) is 2.66. The summed E-state index contributed by atoms with van der Waals surface area (Å²) in [5, 5.41) is 0. The molecule has 2 rings (SSSR count). The first-order chi connectivity index (χ1) is 12.8. The van der Waals surface area contributed by atoms with Gasteiger partial charge in [-0.2, -0.15) is 0 Å². The number of anilines is 1. The molecule has 1 aliphatic heterocycles. The number of ether oxygens (including phenoxy) is 1. The Morgan fingerprint density at radius 1 is 1.22 bits per heavy atom. The van der Waals surface area contributed by atoms with Crippen molar-refractivity contribution in [1.82, 2.24) is 9.80 Å². The molecule has 0 spiro atoms. The number of methoxy groups -OCH3 is 1. The van der Waals surface area contributed by atoms with Gasteiger partial charge in [-0.3, -0.25) is 13.9 Å². The summed E-state index contributed by atoms with van der Waals surface area (Å²) in [6.45, 7) is 1.73. The lowest BCUT2D eigenvalue weighted by Gasteiger charge is -2.33. The predicted molar refractivity (Wildman–Crippen MR) is 98.8 cm³/mol. The van der Waals surface area contributed by atoms with E-state index in [1.165, 1.54) is 19.2 Å². The molecule has 0 bridgehead atoms. The highest BCUT2D eigenvalue weighted by atomic mass is 32.2. The van der Waals surface area contributed by atoms with Gasteiger partial charge in [-0.25, -0.2) is 13.2 Å². The maximum Gasteiger partial charge on any atom is 0.337 e. The first-order valence-electron chi connectivity index (χ1n) is 8.39. The van der Waals surface area contributed by atoms with Gasteiger partial charge >= 0.3 is 5.97 Å². The molecule has 1 aliphatic rings. The van der Waals surface area contributed by atoms with Gasteiger partial charge in [0.25, 0.3) is 0 Å². The number of amides is 2. The molecule has 0 N–H and O–H groups in total. The molecule has 1 fully saturated rings. The molecular weight excluding hydrogens is 374 g/mol. The van der Waals surface area contributed by atoms with Gasteiger partial charge in [0.2, 0.25) is 22.3 Å². The highest BCUT2D eigenvalue weighted by Gasteiger charge is 2.24. The van der Waals surface area contributed by atoms with E-state index in [0.717, 1.165) is 17.0 Å². The van der Waals surface area contributed by atoms with Crippen LogP contribution in [0.1, 0.15) is 16.8 Å². The van der Waals surface area contributed by atoms with Crippen molar-refractivity contribution in [2.24, 2.45) is 0 Å². The van der Waals surface area contributed by atoms with Gasteiger partial charge in [-0.15, -0.1) is 0 Å². The van der Waals surface area contributed by atoms with Crippen LogP contribution in [0.15, 0.2) is 24.3 Å². The Bertz CT molecular complexity index is 803. The average molecular weight is 397 g/mol. The van der Waals surface area contributed by atoms with E-state index in [0.29, 0.717) is 31.9 Å². The second kappa shape index (κ2) is 8.85. The maximum atomic E-state index is 12.4. The Balaban J connectivity index is 2.09. The number of carbonyl (C=O) groups excluding carboxylic acids is 3. The molecule has 27 heavy (non-hydrogen) atoms. The van der Waals surface area contributed by atoms with Crippen molar-refractivity contribution in [2.45, 2.75) is 6.42 Å². The number of esters is 1. The zero-order valence-electron chi connectivity index (χ0n) is 15.3.